The maximum atomic E-state index is 8.58. The summed E-state index contributed by atoms with van der Waals surface area (Å²) in [4.78, 5) is 0. The number of rotatable bonds is 2. The lowest BCUT2D eigenvalue weighted by atomic mass is 10.1. The van der Waals surface area contributed by atoms with Crippen LogP contribution in [0, 0.1) is 22.7 Å². The van der Waals surface area contributed by atoms with Crippen LogP contribution in [0.2, 0.25) is 0 Å². The standard InChI is InChI=1S/C8H12N4.ClH/c1-7(2,5-9)11-12-8(3,4)6-10;/h1-4H3;1H. The Kier molecular flexibility index (Phi) is 5.30. The Morgan fingerprint density at radius 3 is 1.23 bits per heavy atom. The molecule has 0 atom stereocenters. The second-order valence-corrected chi connectivity index (χ2v) is 3.54. The highest BCUT2D eigenvalue weighted by molar-refractivity contribution is 5.85. The molecule has 0 rings (SSSR count). The fraction of sp³-hybridized carbons (Fsp3) is 0.750. The topological polar surface area (TPSA) is 72.3 Å². The van der Waals surface area contributed by atoms with Gasteiger partial charge in [-0.15, -0.1) is 12.4 Å². The van der Waals surface area contributed by atoms with Crippen molar-refractivity contribution in [3.63, 3.8) is 0 Å². The number of hydrogen-bond acceptors (Lipinski definition) is 4. The molecule has 0 aliphatic rings. The zero-order valence-electron chi connectivity index (χ0n) is 8.20. The van der Waals surface area contributed by atoms with E-state index < -0.39 is 11.1 Å². The van der Waals surface area contributed by atoms with Crippen molar-refractivity contribution in [3.05, 3.63) is 0 Å². The molecule has 0 spiro atoms. The molecule has 0 aromatic rings. The molecular formula is C8H13ClN4. The second-order valence-electron chi connectivity index (χ2n) is 3.54. The predicted molar refractivity (Wildman–Crippen MR) is 51.5 cm³/mol. The van der Waals surface area contributed by atoms with Crippen molar-refractivity contribution in [3.8, 4) is 12.1 Å². The molecule has 0 unspecified atom stereocenters. The molecule has 0 amide bonds. The van der Waals surface area contributed by atoms with Crippen molar-refractivity contribution in [2.75, 3.05) is 0 Å². The van der Waals surface area contributed by atoms with Gasteiger partial charge >= 0.3 is 0 Å². The zero-order valence-corrected chi connectivity index (χ0v) is 9.01. The van der Waals surface area contributed by atoms with Crippen molar-refractivity contribution in [1.82, 2.24) is 0 Å². The predicted octanol–water partition coefficient (Wildman–Crippen LogP) is 2.46. The minimum absolute atomic E-state index is 0. The van der Waals surface area contributed by atoms with E-state index in [1.165, 1.54) is 0 Å². The molecule has 4 nitrogen and oxygen atoms in total. The second kappa shape index (κ2) is 4.79. The Morgan fingerprint density at radius 2 is 1.08 bits per heavy atom. The van der Waals surface area contributed by atoms with Crippen LogP contribution in [0.5, 0.6) is 0 Å². The molecule has 72 valence electrons. The number of nitriles is 2. The Labute approximate surface area is 84.7 Å². The summed E-state index contributed by atoms with van der Waals surface area (Å²) in [6, 6.07) is 3.94. The van der Waals surface area contributed by atoms with E-state index in [9.17, 15) is 0 Å². The Bertz CT molecular complexity index is 239. The van der Waals surface area contributed by atoms with Gasteiger partial charge < -0.3 is 0 Å². The summed E-state index contributed by atoms with van der Waals surface area (Å²) in [6.07, 6.45) is 0. The highest BCUT2D eigenvalue weighted by Crippen LogP contribution is 2.13. The smallest absolute Gasteiger partial charge is 0.162 e. The van der Waals surface area contributed by atoms with E-state index in [0.717, 1.165) is 0 Å². The largest absolute Gasteiger partial charge is 0.196 e. The van der Waals surface area contributed by atoms with Gasteiger partial charge in [-0.1, -0.05) is 0 Å². The fourth-order valence-corrected chi connectivity index (χ4v) is 0.295. The minimum Gasteiger partial charge on any atom is -0.196 e. The van der Waals surface area contributed by atoms with E-state index in [0.29, 0.717) is 0 Å². The van der Waals surface area contributed by atoms with Crippen molar-refractivity contribution in [1.29, 1.82) is 10.5 Å². The summed E-state index contributed by atoms with van der Waals surface area (Å²) in [7, 11) is 0. The lowest BCUT2D eigenvalue weighted by Crippen LogP contribution is -2.17. The van der Waals surface area contributed by atoms with Crippen LogP contribution < -0.4 is 0 Å². The number of azo groups is 1. The summed E-state index contributed by atoms with van der Waals surface area (Å²) in [5.74, 6) is 0. The summed E-state index contributed by atoms with van der Waals surface area (Å²) in [6.45, 7) is 6.57. The average Bonchev–Trinajstić information content (AvgIpc) is 2.02. The molecule has 0 aromatic carbocycles. The fourth-order valence-electron chi connectivity index (χ4n) is 0.295. The molecule has 0 bridgehead atoms. The lowest BCUT2D eigenvalue weighted by molar-refractivity contribution is 0.541. The maximum absolute atomic E-state index is 8.58. The normalized spacial score (nSPS) is 11.5. The Hall–Kier alpha value is -1.13. The molecule has 0 heterocycles. The van der Waals surface area contributed by atoms with Crippen molar-refractivity contribution in [2.45, 2.75) is 38.8 Å². The van der Waals surface area contributed by atoms with E-state index in [1.54, 1.807) is 27.7 Å². The third kappa shape index (κ3) is 6.07. The molecule has 0 radical (unpaired) electrons. The third-order valence-electron chi connectivity index (χ3n) is 1.10. The van der Waals surface area contributed by atoms with Gasteiger partial charge in [0.15, 0.2) is 11.1 Å². The van der Waals surface area contributed by atoms with Crippen LogP contribution in [-0.4, -0.2) is 11.1 Å². The molecule has 13 heavy (non-hydrogen) atoms. The summed E-state index contributed by atoms with van der Waals surface area (Å²) < 4.78 is 0. The van der Waals surface area contributed by atoms with E-state index in [4.69, 9.17) is 10.5 Å². The van der Waals surface area contributed by atoms with E-state index in [-0.39, 0.29) is 12.4 Å². The average molecular weight is 201 g/mol. The minimum atomic E-state index is -0.839. The lowest BCUT2D eigenvalue weighted by Gasteiger charge is -2.11. The molecule has 0 saturated carbocycles. The van der Waals surface area contributed by atoms with E-state index >= 15 is 0 Å². The highest BCUT2D eigenvalue weighted by atomic mass is 35.5. The van der Waals surface area contributed by atoms with E-state index in [2.05, 4.69) is 10.2 Å². The first-order chi connectivity index (χ1) is 5.33. The van der Waals surface area contributed by atoms with Gasteiger partial charge in [0.2, 0.25) is 0 Å². The maximum Gasteiger partial charge on any atom is 0.162 e. The Balaban J connectivity index is 0. The van der Waals surface area contributed by atoms with Gasteiger partial charge in [-0.2, -0.15) is 20.8 Å². The molecule has 0 aromatic heterocycles. The number of nitrogens with zero attached hydrogens (tertiary/aromatic N) is 4. The first-order valence-electron chi connectivity index (χ1n) is 3.59. The first-order valence-corrected chi connectivity index (χ1v) is 3.59. The first kappa shape index (κ1) is 14.4. The SMILES string of the molecule is CC(C)(C#N)N=NC(C)(C)C#N.Cl. The van der Waals surface area contributed by atoms with Gasteiger partial charge in [0.25, 0.3) is 0 Å². The van der Waals surface area contributed by atoms with Crippen LogP contribution in [0.25, 0.3) is 0 Å². The Morgan fingerprint density at radius 1 is 0.846 bits per heavy atom. The molecular weight excluding hydrogens is 188 g/mol. The van der Waals surface area contributed by atoms with Crippen LogP contribution in [0.1, 0.15) is 27.7 Å². The molecule has 0 aliphatic carbocycles. The molecule has 0 N–H and O–H groups in total. The van der Waals surface area contributed by atoms with Gasteiger partial charge in [0.05, 0.1) is 12.1 Å². The summed E-state index contributed by atoms with van der Waals surface area (Å²) >= 11 is 0. The van der Waals surface area contributed by atoms with Gasteiger partial charge in [-0.25, -0.2) is 0 Å². The summed E-state index contributed by atoms with van der Waals surface area (Å²) in [5, 5.41) is 24.7. The van der Waals surface area contributed by atoms with Gasteiger partial charge in [-0.05, 0) is 27.7 Å². The van der Waals surface area contributed by atoms with Crippen molar-refractivity contribution < 1.29 is 0 Å². The molecule has 0 saturated heterocycles. The van der Waals surface area contributed by atoms with E-state index in [1.807, 2.05) is 12.1 Å². The molecule has 0 fully saturated rings. The van der Waals surface area contributed by atoms with Crippen LogP contribution in [0.4, 0.5) is 0 Å². The molecule has 0 aliphatic heterocycles. The quantitative estimate of drug-likeness (QED) is 0.643. The van der Waals surface area contributed by atoms with Crippen molar-refractivity contribution in [2.24, 2.45) is 10.2 Å². The van der Waals surface area contributed by atoms with Gasteiger partial charge in [0, 0.05) is 0 Å². The van der Waals surface area contributed by atoms with Gasteiger partial charge in [0.1, 0.15) is 0 Å². The highest BCUT2D eigenvalue weighted by Gasteiger charge is 2.19. The van der Waals surface area contributed by atoms with Crippen LogP contribution in [0.15, 0.2) is 10.2 Å². The zero-order chi connectivity index (χ0) is 9.83. The number of halogens is 1. The third-order valence-corrected chi connectivity index (χ3v) is 1.10. The van der Waals surface area contributed by atoms with Crippen LogP contribution in [-0.2, 0) is 0 Å². The van der Waals surface area contributed by atoms with Crippen molar-refractivity contribution >= 4 is 12.4 Å². The summed E-state index contributed by atoms with van der Waals surface area (Å²) in [5.41, 5.74) is -1.68. The van der Waals surface area contributed by atoms with Crippen LogP contribution in [0.3, 0.4) is 0 Å². The molecule has 5 heteroatoms. The van der Waals surface area contributed by atoms with Crippen LogP contribution >= 0.6 is 12.4 Å². The number of hydrogen-bond donors (Lipinski definition) is 0. The van der Waals surface area contributed by atoms with Gasteiger partial charge in [-0.3, -0.25) is 0 Å². The monoisotopic (exact) mass is 200 g/mol.